The van der Waals surface area contributed by atoms with Gasteiger partial charge in [0.1, 0.15) is 5.69 Å². The number of nitrogens with two attached hydrogens (primary N) is 1. The van der Waals surface area contributed by atoms with Crippen LogP contribution in [0.15, 0.2) is 34.9 Å². The largest absolute Gasteiger partial charge is 0.417 e. The van der Waals surface area contributed by atoms with E-state index in [4.69, 9.17) is 10.3 Å². The molecule has 102 valence electrons. The van der Waals surface area contributed by atoms with Crippen molar-refractivity contribution < 1.29 is 17.7 Å². The summed E-state index contributed by atoms with van der Waals surface area (Å²) in [6.07, 6.45) is -3.81. The Bertz CT molecular complexity index is 563. The van der Waals surface area contributed by atoms with Gasteiger partial charge in [-0.1, -0.05) is 30.3 Å². The Kier molecular flexibility index (Phi) is 3.61. The first-order valence-corrected chi connectivity index (χ1v) is 5.82. The van der Waals surface area contributed by atoms with E-state index in [0.29, 0.717) is 12.2 Å². The summed E-state index contributed by atoms with van der Waals surface area (Å²) in [6, 6.07) is 6.34. The van der Waals surface area contributed by atoms with Crippen LogP contribution >= 0.6 is 0 Å². The van der Waals surface area contributed by atoms with Gasteiger partial charge in [-0.2, -0.15) is 13.2 Å². The zero-order valence-electron chi connectivity index (χ0n) is 10.2. The highest BCUT2D eigenvalue weighted by atomic mass is 19.4. The summed E-state index contributed by atoms with van der Waals surface area (Å²) in [4.78, 5) is 0. The maximum Gasteiger partial charge on any atom is 0.417 e. The van der Waals surface area contributed by atoms with Gasteiger partial charge in [0.15, 0.2) is 5.76 Å². The van der Waals surface area contributed by atoms with Crippen molar-refractivity contribution in [3.05, 3.63) is 41.7 Å². The zero-order valence-corrected chi connectivity index (χ0v) is 10.2. The number of aromatic nitrogens is 1. The molecule has 19 heavy (non-hydrogen) atoms. The Balaban J connectivity index is 2.45. The van der Waals surface area contributed by atoms with Gasteiger partial charge < -0.3 is 10.3 Å². The van der Waals surface area contributed by atoms with Crippen LogP contribution in [0.5, 0.6) is 0 Å². The standard InChI is InChI=1S/C13H13F3N2O/c1-2-10(17)12-7-11(18-19-12)8-5-3-4-6-9(8)13(14,15)16/h3-7,10H,2,17H2,1H3. The summed E-state index contributed by atoms with van der Waals surface area (Å²) >= 11 is 0. The van der Waals surface area contributed by atoms with Crippen molar-refractivity contribution in [2.24, 2.45) is 5.73 Å². The van der Waals surface area contributed by atoms with Gasteiger partial charge in [0.2, 0.25) is 0 Å². The summed E-state index contributed by atoms with van der Waals surface area (Å²) < 4.78 is 43.6. The fourth-order valence-electron chi connectivity index (χ4n) is 1.75. The normalized spacial score (nSPS) is 13.5. The van der Waals surface area contributed by atoms with Crippen LogP contribution in [-0.4, -0.2) is 5.16 Å². The summed E-state index contributed by atoms with van der Waals surface area (Å²) in [5, 5.41) is 3.67. The molecule has 1 aromatic carbocycles. The van der Waals surface area contributed by atoms with Gasteiger partial charge in [0.25, 0.3) is 0 Å². The van der Waals surface area contributed by atoms with Gasteiger partial charge >= 0.3 is 6.18 Å². The molecule has 0 aliphatic heterocycles. The van der Waals surface area contributed by atoms with Gasteiger partial charge in [-0.05, 0) is 12.5 Å². The zero-order chi connectivity index (χ0) is 14.0. The fraction of sp³-hybridized carbons (Fsp3) is 0.308. The number of benzene rings is 1. The topological polar surface area (TPSA) is 52.0 Å². The van der Waals surface area contributed by atoms with E-state index in [-0.39, 0.29) is 17.3 Å². The Hall–Kier alpha value is -1.82. The molecule has 0 saturated carbocycles. The van der Waals surface area contributed by atoms with E-state index < -0.39 is 11.7 Å². The molecule has 1 aromatic heterocycles. The third kappa shape index (κ3) is 2.78. The van der Waals surface area contributed by atoms with Crippen LogP contribution in [-0.2, 0) is 6.18 Å². The Morgan fingerprint density at radius 2 is 2.00 bits per heavy atom. The third-order valence-electron chi connectivity index (χ3n) is 2.84. The lowest BCUT2D eigenvalue weighted by molar-refractivity contribution is -0.137. The number of halogens is 3. The second-order valence-corrected chi connectivity index (χ2v) is 4.17. The maximum absolute atomic E-state index is 12.9. The van der Waals surface area contributed by atoms with Gasteiger partial charge in [0.05, 0.1) is 11.6 Å². The molecule has 0 saturated heterocycles. The van der Waals surface area contributed by atoms with E-state index in [2.05, 4.69) is 5.16 Å². The molecule has 0 aliphatic carbocycles. The summed E-state index contributed by atoms with van der Waals surface area (Å²) in [5.74, 6) is 0.384. The highest BCUT2D eigenvalue weighted by molar-refractivity contribution is 5.64. The predicted octanol–water partition coefficient (Wildman–Crippen LogP) is 3.77. The summed E-state index contributed by atoms with van der Waals surface area (Å²) in [6.45, 7) is 1.86. The second kappa shape index (κ2) is 5.05. The SMILES string of the molecule is CCC(N)c1cc(-c2ccccc2C(F)(F)F)no1. The molecule has 1 atom stereocenters. The quantitative estimate of drug-likeness (QED) is 0.923. The smallest absolute Gasteiger partial charge is 0.359 e. The van der Waals surface area contributed by atoms with Crippen LogP contribution in [0.3, 0.4) is 0 Å². The Morgan fingerprint density at radius 1 is 1.32 bits per heavy atom. The van der Waals surface area contributed by atoms with Crippen molar-refractivity contribution in [3.8, 4) is 11.3 Å². The van der Waals surface area contributed by atoms with E-state index in [1.807, 2.05) is 6.92 Å². The molecule has 0 fully saturated rings. The molecule has 6 heteroatoms. The summed E-state index contributed by atoms with van der Waals surface area (Å²) in [7, 11) is 0. The monoisotopic (exact) mass is 270 g/mol. The van der Waals surface area contributed by atoms with Crippen LogP contribution in [0.25, 0.3) is 11.3 Å². The van der Waals surface area contributed by atoms with E-state index in [0.717, 1.165) is 6.07 Å². The van der Waals surface area contributed by atoms with Gasteiger partial charge in [-0.25, -0.2) is 0 Å². The Morgan fingerprint density at radius 3 is 2.63 bits per heavy atom. The van der Waals surface area contributed by atoms with E-state index in [1.165, 1.54) is 24.3 Å². The van der Waals surface area contributed by atoms with Gasteiger partial charge in [0, 0.05) is 11.6 Å². The number of alkyl halides is 3. The molecule has 3 nitrogen and oxygen atoms in total. The first-order valence-electron chi connectivity index (χ1n) is 5.82. The maximum atomic E-state index is 12.9. The van der Waals surface area contributed by atoms with Crippen LogP contribution < -0.4 is 5.73 Å². The molecule has 2 aromatic rings. The summed E-state index contributed by atoms with van der Waals surface area (Å²) in [5.41, 5.74) is 5.16. The average Bonchev–Trinajstić information content (AvgIpc) is 2.86. The highest BCUT2D eigenvalue weighted by Gasteiger charge is 2.34. The Labute approximate surface area is 108 Å². The minimum atomic E-state index is -4.43. The second-order valence-electron chi connectivity index (χ2n) is 4.17. The van der Waals surface area contributed by atoms with Crippen LogP contribution in [0, 0.1) is 0 Å². The lowest BCUT2D eigenvalue weighted by Gasteiger charge is -2.10. The third-order valence-corrected chi connectivity index (χ3v) is 2.84. The minimum absolute atomic E-state index is 0.00620. The molecule has 2 rings (SSSR count). The van der Waals surface area contributed by atoms with Gasteiger partial charge in [-0.15, -0.1) is 0 Å². The fourth-order valence-corrected chi connectivity index (χ4v) is 1.75. The number of hydrogen-bond acceptors (Lipinski definition) is 3. The average molecular weight is 270 g/mol. The van der Waals surface area contributed by atoms with Crippen molar-refractivity contribution in [1.82, 2.24) is 5.16 Å². The van der Waals surface area contributed by atoms with Crippen molar-refractivity contribution >= 4 is 0 Å². The van der Waals surface area contributed by atoms with Crippen molar-refractivity contribution in [2.45, 2.75) is 25.6 Å². The van der Waals surface area contributed by atoms with Crippen molar-refractivity contribution in [1.29, 1.82) is 0 Å². The molecule has 0 spiro atoms. The molecule has 1 unspecified atom stereocenters. The van der Waals surface area contributed by atoms with Crippen molar-refractivity contribution in [2.75, 3.05) is 0 Å². The molecular weight excluding hydrogens is 257 g/mol. The van der Waals surface area contributed by atoms with Crippen LogP contribution in [0.1, 0.15) is 30.7 Å². The lowest BCUT2D eigenvalue weighted by atomic mass is 10.0. The number of rotatable bonds is 3. The molecular formula is C13H13F3N2O. The molecule has 0 aliphatic rings. The molecule has 2 N–H and O–H groups in total. The van der Waals surface area contributed by atoms with E-state index >= 15 is 0 Å². The first-order chi connectivity index (χ1) is 8.93. The van der Waals surface area contributed by atoms with E-state index in [9.17, 15) is 13.2 Å². The number of hydrogen-bond donors (Lipinski definition) is 1. The van der Waals surface area contributed by atoms with Crippen molar-refractivity contribution in [3.63, 3.8) is 0 Å². The van der Waals surface area contributed by atoms with Gasteiger partial charge in [-0.3, -0.25) is 0 Å². The molecule has 0 radical (unpaired) electrons. The van der Waals surface area contributed by atoms with Crippen LogP contribution in [0.4, 0.5) is 13.2 Å². The molecule has 1 heterocycles. The minimum Gasteiger partial charge on any atom is -0.359 e. The lowest BCUT2D eigenvalue weighted by Crippen LogP contribution is -2.07. The predicted molar refractivity (Wildman–Crippen MR) is 64.2 cm³/mol. The highest BCUT2D eigenvalue weighted by Crippen LogP contribution is 2.36. The first kappa shape index (κ1) is 13.6. The van der Waals surface area contributed by atoms with E-state index in [1.54, 1.807) is 0 Å². The molecule has 0 amide bonds. The number of nitrogens with zero attached hydrogens (tertiary/aromatic N) is 1. The molecule has 0 bridgehead atoms. The van der Waals surface area contributed by atoms with Crippen LogP contribution in [0.2, 0.25) is 0 Å².